The molecular weight excluding hydrogens is 376 g/mol. The number of ether oxygens (including phenoxy) is 1. The normalized spacial score (nSPS) is 15.5. The number of carbonyl (C=O) groups excluding carboxylic acids is 1. The van der Waals surface area contributed by atoms with Crippen LogP contribution in [0.4, 0.5) is 0 Å². The van der Waals surface area contributed by atoms with E-state index in [0.717, 1.165) is 24.8 Å². The second-order valence-electron chi connectivity index (χ2n) is 7.02. The van der Waals surface area contributed by atoms with Crippen LogP contribution in [0.2, 0.25) is 0 Å². The molecule has 7 heteroatoms. The number of hydrogen-bond donors (Lipinski definition) is 0. The molecule has 1 aromatic rings. The van der Waals surface area contributed by atoms with Crippen LogP contribution >= 0.6 is 0 Å². The molecule has 0 unspecified atom stereocenters. The smallest absolute Gasteiger partial charge is 0.246 e. The molecular formula is C21H30N2O4S. The average Bonchev–Trinajstić information content (AvgIpc) is 2.70. The maximum Gasteiger partial charge on any atom is 0.246 e. The predicted octanol–water partition coefficient (Wildman–Crippen LogP) is 3.31. The van der Waals surface area contributed by atoms with E-state index >= 15 is 0 Å². The number of carbonyl (C=O) groups is 1. The summed E-state index contributed by atoms with van der Waals surface area (Å²) in [6, 6.07) is 4.95. The fraction of sp³-hybridized carbons (Fsp3) is 0.476. The van der Waals surface area contributed by atoms with Gasteiger partial charge in [-0.15, -0.1) is 0 Å². The highest BCUT2D eigenvalue weighted by molar-refractivity contribution is 7.89. The van der Waals surface area contributed by atoms with Crippen molar-refractivity contribution in [2.24, 2.45) is 0 Å². The third-order valence-corrected chi connectivity index (χ3v) is 6.61. The van der Waals surface area contributed by atoms with Crippen LogP contribution < -0.4 is 4.74 Å². The Kier molecular flexibility index (Phi) is 7.83. The molecule has 154 valence electrons. The molecule has 1 saturated heterocycles. The predicted molar refractivity (Wildman–Crippen MR) is 112 cm³/mol. The zero-order valence-corrected chi connectivity index (χ0v) is 17.8. The van der Waals surface area contributed by atoms with Gasteiger partial charge in [0.15, 0.2) is 0 Å². The molecule has 0 bridgehead atoms. The van der Waals surface area contributed by atoms with E-state index in [2.05, 4.69) is 6.58 Å². The fourth-order valence-corrected chi connectivity index (χ4v) is 4.89. The molecule has 6 nitrogen and oxygen atoms in total. The monoisotopic (exact) mass is 406 g/mol. The van der Waals surface area contributed by atoms with Gasteiger partial charge in [0.1, 0.15) is 10.6 Å². The van der Waals surface area contributed by atoms with Gasteiger partial charge in [0.25, 0.3) is 0 Å². The van der Waals surface area contributed by atoms with Gasteiger partial charge in [-0.25, -0.2) is 8.42 Å². The highest BCUT2D eigenvalue weighted by atomic mass is 32.2. The summed E-state index contributed by atoms with van der Waals surface area (Å²) < 4.78 is 32.9. The van der Waals surface area contributed by atoms with Crippen molar-refractivity contribution in [3.63, 3.8) is 0 Å². The van der Waals surface area contributed by atoms with Crippen molar-refractivity contribution in [1.29, 1.82) is 0 Å². The summed E-state index contributed by atoms with van der Waals surface area (Å²) >= 11 is 0. The SMILES string of the molecule is C=C(C)CN(CC)C(=O)/C=C/c1ccc(OC)c(S(=O)(=O)N2CCCCC2)c1. The molecule has 1 aliphatic heterocycles. The van der Waals surface area contributed by atoms with Crippen LogP contribution in [-0.2, 0) is 14.8 Å². The Morgan fingerprint density at radius 2 is 1.96 bits per heavy atom. The van der Waals surface area contributed by atoms with E-state index in [1.165, 1.54) is 17.5 Å². The molecule has 0 radical (unpaired) electrons. The van der Waals surface area contributed by atoms with Crippen LogP contribution in [0.3, 0.4) is 0 Å². The largest absolute Gasteiger partial charge is 0.495 e. The number of rotatable bonds is 8. The second kappa shape index (κ2) is 9.89. The van der Waals surface area contributed by atoms with Gasteiger partial charge >= 0.3 is 0 Å². The van der Waals surface area contributed by atoms with Crippen molar-refractivity contribution in [2.75, 3.05) is 33.3 Å². The Morgan fingerprint density at radius 3 is 2.54 bits per heavy atom. The molecule has 2 rings (SSSR count). The highest BCUT2D eigenvalue weighted by Crippen LogP contribution is 2.30. The number of sulfonamides is 1. The maximum absolute atomic E-state index is 13.1. The standard InChI is InChI=1S/C21H30N2O4S/c1-5-22(16-17(2)3)21(24)12-10-18-9-11-19(27-4)20(15-18)28(25,26)23-13-7-6-8-14-23/h9-12,15H,2,5-8,13-14,16H2,1,3-4H3/b12-10+. The van der Waals surface area contributed by atoms with Crippen molar-refractivity contribution in [3.05, 3.63) is 42.0 Å². The summed E-state index contributed by atoms with van der Waals surface area (Å²) in [7, 11) is -2.18. The van der Waals surface area contributed by atoms with E-state index in [4.69, 9.17) is 4.74 Å². The van der Waals surface area contributed by atoms with Gasteiger partial charge in [0, 0.05) is 32.3 Å². The Morgan fingerprint density at radius 1 is 1.29 bits per heavy atom. The van der Waals surface area contributed by atoms with E-state index in [0.29, 0.717) is 37.5 Å². The van der Waals surface area contributed by atoms with Crippen LogP contribution in [0.5, 0.6) is 5.75 Å². The molecule has 0 N–H and O–H groups in total. The number of methoxy groups -OCH3 is 1. The molecule has 1 heterocycles. The van der Waals surface area contributed by atoms with E-state index in [9.17, 15) is 13.2 Å². The third kappa shape index (κ3) is 5.45. The lowest BCUT2D eigenvalue weighted by Gasteiger charge is -2.26. The first kappa shape index (κ1) is 22.2. The van der Waals surface area contributed by atoms with Crippen molar-refractivity contribution in [1.82, 2.24) is 9.21 Å². The Labute approximate surface area is 168 Å². The van der Waals surface area contributed by atoms with Crippen LogP contribution in [0.15, 0.2) is 41.3 Å². The zero-order valence-electron chi connectivity index (χ0n) is 17.0. The van der Waals surface area contributed by atoms with E-state index < -0.39 is 10.0 Å². The topological polar surface area (TPSA) is 66.9 Å². The first-order valence-electron chi connectivity index (χ1n) is 9.59. The minimum absolute atomic E-state index is 0.137. The lowest BCUT2D eigenvalue weighted by Crippen LogP contribution is -2.35. The Balaban J connectivity index is 2.29. The first-order valence-corrected chi connectivity index (χ1v) is 11.0. The number of hydrogen-bond acceptors (Lipinski definition) is 4. The van der Waals surface area contributed by atoms with Crippen molar-refractivity contribution in [2.45, 2.75) is 38.0 Å². The molecule has 0 saturated carbocycles. The van der Waals surface area contributed by atoms with Gasteiger partial charge in [-0.05, 0) is 50.5 Å². The molecule has 1 aliphatic rings. The van der Waals surface area contributed by atoms with E-state index in [1.807, 2.05) is 13.8 Å². The minimum atomic E-state index is -3.64. The van der Waals surface area contributed by atoms with Gasteiger partial charge in [-0.1, -0.05) is 24.6 Å². The van der Waals surface area contributed by atoms with Gasteiger partial charge in [0.2, 0.25) is 15.9 Å². The van der Waals surface area contributed by atoms with Crippen molar-refractivity contribution in [3.8, 4) is 5.75 Å². The van der Waals surface area contributed by atoms with E-state index in [-0.39, 0.29) is 10.8 Å². The quantitative estimate of drug-likeness (QED) is 0.491. The summed E-state index contributed by atoms with van der Waals surface area (Å²) in [6.07, 6.45) is 5.88. The summed E-state index contributed by atoms with van der Waals surface area (Å²) in [6.45, 7) is 9.75. The minimum Gasteiger partial charge on any atom is -0.495 e. The molecule has 0 aromatic heterocycles. The lowest BCUT2D eigenvalue weighted by atomic mass is 10.2. The Bertz CT molecular complexity index is 840. The van der Waals surface area contributed by atoms with Crippen molar-refractivity contribution < 1.29 is 17.9 Å². The summed E-state index contributed by atoms with van der Waals surface area (Å²) in [5.74, 6) is 0.174. The molecule has 28 heavy (non-hydrogen) atoms. The summed E-state index contributed by atoms with van der Waals surface area (Å²) in [4.78, 5) is 14.2. The lowest BCUT2D eigenvalue weighted by molar-refractivity contribution is -0.125. The van der Waals surface area contributed by atoms with Gasteiger partial charge in [0.05, 0.1) is 7.11 Å². The molecule has 0 aliphatic carbocycles. The zero-order chi connectivity index (χ0) is 20.7. The van der Waals surface area contributed by atoms with E-state index in [1.54, 1.807) is 29.2 Å². The second-order valence-corrected chi connectivity index (χ2v) is 8.92. The fourth-order valence-electron chi connectivity index (χ4n) is 3.19. The third-order valence-electron chi connectivity index (χ3n) is 4.69. The summed E-state index contributed by atoms with van der Waals surface area (Å²) in [5, 5.41) is 0. The average molecular weight is 407 g/mol. The van der Waals surface area contributed by atoms with Crippen LogP contribution in [0, 0.1) is 0 Å². The molecule has 0 atom stereocenters. The highest BCUT2D eigenvalue weighted by Gasteiger charge is 2.29. The van der Waals surface area contributed by atoms with Gasteiger partial charge in [-0.2, -0.15) is 4.31 Å². The molecule has 1 aromatic carbocycles. The van der Waals surface area contributed by atoms with Gasteiger partial charge in [-0.3, -0.25) is 4.79 Å². The Hall–Kier alpha value is -2.12. The number of likely N-dealkylation sites (N-methyl/N-ethyl adjacent to an activating group) is 1. The number of amides is 1. The van der Waals surface area contributed by atoms with Crippen LogP contribution in [-0.4, -0.2) is 56.8 Å². The maximum atomic E-state index is 13.1. The first-order chi connectivity index (χ1) is 13.3. The van der Waals surface area contributed by atoms with Crippen LogP contribution in [0.1, 0.15) is 38.7 Å². The van der Waals surface area contributed by atoms with Gasteiger partial charge < -0.3 is 9.64 Å². The molecule has 1 amide bonds. The number of nitrogens with zero attached hydrogens (tertiary/aromatic N) is 2. The van der Waals surface area contributed by atoms with Crippen LogP contribution in [0.25, 0.3) is 6.08 Å². The summed E-state index contributed by atoms with van der Waals surface area (Å²) in [5.41, 5.74) is 1.54. The number of benzene rings is 1. The molecule has 0 spiro atoms. The molecule has 1 fully saturated rings. The number of piperidine rings is 1. The van der Waals surface area contributed by atoms with Crippen molar-refractivity contribution >= 4 is 22.0 Å².